The topological polar surface area (TPSA) is 68.5 Å². The molecule has 3 rings (SSSR count). The summed E-state index contributed by atoms with van der Waals surface area (Å²) in [6, 6.07) is 10.3. The highest BCUT2D eigenvalue weighted by molar-refractivity contribution is 5.71. The highest BCUT2D eigenvalue weighted by atomic mass is 16.6. The van der Waals surface area contributed by atoms with Gasteiger partial charge in [-0.3, -0.25) is 10.1 Å². The fourth-order valence-corrected chi connectivity index (χ4v) is 2.43. The number of nitro benzene ring substituents is 1. The average molecular weight is 285 g/mol. The number of benzene rings is 1. The molecule has 0 N–H and O–H groups in total. The summed E-state index contributed by atoms with van der Waals surface area (Å²) in [5.74, 6) is 1.30. The number of aromatic nitrogens is 1. The zero-order chi connectivity index (χ0) is 15.0. The number of nitro groups is 1. The molecule has 0 aliphatic carbocycles. The summed E-state index contributed by atoms with van der Waals surface area (Å²) in [7, 11) is 0. The number of hydrogen-bond donors (Lipinski definition) is 0. The van der Waals surface area contributed by atoms with Crippen LogP contribution in [0.1, 0.15) is 13.8 Å². The van der Waals surface area contributed by atoms with Crippen LogP contribution < -0.4 is 9.64 Å². The zero-order valence-corrected chi connectivity index (χ0v) is 11.8. The molecule has 0 fully saturated rings. The van der Waals surface area contributed by atoms with Crippen molar-refractivity contribution in [1.82, 2.24) is 4.98 Å². The van der Waals surface area contributed by atoms with Gasteiger partial charge in [-0.25, -0.2) is 4.98 Å². The molecule has 1 aromatic heterocycles. The molecule has 0 spiro atoms. The molecule has 2 aromatic rings. The van der Waals surface area contributed by atoms with Gasteiger partial charge in [0.05, 0.1) is 23.2 Å². The quantitative estimate of drug-likeness (QED) is 0.625. The second kappa shape index (κ2) is 4.73. The minimum atomic E-state index is -0.459. The fraction of sp³-hybridized carbons (Fsp3) is 0.267. The maximum absolute atomic E-state index is 10.9. The van der Waals surface area contributed by atoms with Gasteiger partial charge in [0, 0.05) is 12.3 Å². The Hall–Kier alpha value is -2.63. The molecule has 21 heavy (non-hydrogen) atoms. The van der Waals surface area contributed by atoms with E-state index in [0.717, 1.165) is 11.5 Å². The van der Waals surface area contributed by atoms with E-state index in [1.165, 1.54) is 12.1 Å². The van der Waals surface area contributed by atoms with E-state index in [1.807, 2.05) is 36.9 Å². The molecule has 2 heterocycles. The minimum Gasteiger partial charge on any atom is -0.484 e. The Kier molecular flexibility index (Phi) is 3.01. The van der Waals surface area contributed by atoms with Gasteiger partial charge in [-0.15, -0.1) is 0 Å². The van der Waals surface area contributed by atoms with Crippen LogP contribution in [0.4, 0.5) is 17.2 Å². The van der Waals surface area contributed by atoms with Crippen molar-refractivity contribution in [2.45, 2.75) is 19.4 Å². The molecule has 0 atom stereocenters. The molecule has 1 aromatic carbocycles. The molecule has 108 valence electrons. The average Bonchev–Trinajstić information content (AvgIpc) is 2.45. The van der Waals surface area contributed by atoms with Gasteiger partial charge in [0.2, 0.25) is 0 Å². The minimum absolute atomic E-state index is 0.0208. The van der Waals surface area contributed by atoms with Crippen molar-refractivity contribution >= 4 is 17.2 Å². The Morgan fingerprint density at radius 1 is 1.33 bits per heavy atom. The normalized spacial score (nSPS) is 16.0. The van der Waals surface area contributed by atoms with Crippen molar-refractivity contribution in [2.75, 3.05) is 11.4 Å². The molecule has 0 amide bonds. The van der Waals surface area contributed by atoms with E-state index in [2.05, 4.69) is 4.98 Å². The van der Waals surface area contributed by atoms with Gasteiger partial charge in [-0.2, -0.15) is 0 Å². The van der Waals surface area contributed by atoms with Crippen LogP contribution in [0.25, 0.3) is 0 Å². The van der Waals surface area contributed by atoms with E-state index in [0.29, 0.717) is 12.3 Å². The Bertz CT molecular complexity index is 686. The molecule has 6 heteroatoms. The number of rotatable bonds is 2. The van der Waals surface area contributed by atoms with E-state index >= 15 is 0 Å². The predicted octanol–water partition coefficient (Wildman–Crippen LogP) is 3.30. The monoisotopic (exact) mass is 285 g/mol. The van der Waals surface area contributed by atoms with E-state index in [-0.39, 0.29) is 5.69 Å². The molecule has 0 saturated carbocycles. The first-order valence-electron chi connectivity index (χ1n) is 6.62. The van der Waals surface area contributed by atoms with Crippen molar-refractivity contribution in [2.24, 2.45) is 0 Å². The van der Waals surface area contributed by atoms with E-state index in [4.69, 9.17) is 4.74 Å². The summed E-state index contributed by atoms with van der Waals surface area (Å²) in [4.78, 5) is 16.9. The zero-order valence-electron chi connectivity index (χ0n) is 11.8. The lowest BCUT2D eigenvalue weighted by molar-refractivity contribution is -0.385. The molecule has 0 radical (unpaired) electrons. The number of hydrogen-bond acceptors (Lipinski definition) is 5. The first kappa shape index (κ1) is 13.4. The first-order chi connectivity index (χ1) is 9.96. The highest BCUT2D eigenvalue weighted by Gasteiger charge is 2.33. The van der Waals surface area contributed by atoms with E-state index < -0.39 is 10.5 Å². The summed E-state index contributed by atoms with van der Waals surface area (Å²) < 4.78 is 5.89. The predicted molar refractivity (Wildman–Crippen MR) is 79.0 cm³/mol. The van der Waals surface area contributed by atoms with Gasteiger partial charge in [-0.05, 0) is 32.0 Å². The highest BCUT2D eigenvalue weighted by Crippen LogP contribution is 2.42. The van der Waals surface area contributed by atoms with Crippen LogP contribution in [0, 0.1) is 10.1 Å². The van der Waals surface area contributed by atoms with Crippen LogP contribution in [-0.4, -0.2) is 22.1 Å². The first-order valence-corrected chi connectivity index (χ1v) is 6.62. The lowest BCUT2D eigenvalue weighted by Gasteiger charge is -2.40. The molecule has 6 nitrogen and oxygen atoms in total. The molecule has 1 aliphatic heterocycles. The van der Waals surface area contributed by atoms with Crippen LogP contribution in [-0.2, 0) is 0 Å². The standard InChI is InChI=1S/C15H15N3O3/c1-15(2)10-17(14-5-3-4-8-16-14)12-7-6-11(18(19)20)9-13(12)21-15/h3-9H,10H2,1-2H3. The van der Waals surface area contributed by atoms with Crippen LogP contribution in [0.2, 0.25) is 0 Å². The van der Waals surface area contributed by atoms with Gasteiger partial charge in [-0.1, -0.05) is 6.07 Å². The van der Waals surface area contributed by atoms with Gasteiger partial charge in [0.25, 0.3) is 5.69 Å². The van der Waals surface area contributed by atoms with Crippen LogP contribution in [0.5, 0.6) is 5.75 Å². The molecule has 0 unspecified atom stereocenters. The van der Waals surface area contributed by atoms with Gasteiger partial charge in [0.15, 0.2) is 5.75 Å². The lowest BCUT2D eigenvalue weighted by atomic mass is 10.0. The second-order valence-electron chi connectivity index (χ2n) is 5.54. The number of anilines is 2. The van der Waals surface area contributed by atoms with Gasteiger partial charge >= 0.3 is 0 Å². The molecular formula is C15H15N3O3. The summed E-state index contributed by atoms with van der Waals surface area (Å²) in [6.45, 7) is 4.52. The summed E-state index contributed by atoms with van der Waals surface area (Å²) in [5.41, 5.74) is 0.353. The summed E-state index contributed by atoms with van der Waals surface area (Å²) >= 11 is 0. The van der Waals surface area contributed by atoms with Crippen molar-refractivity contribution in [3.8, 4) is 5.75 Å². The summed E-state index contributed by atoms with van der Waals surface area (Å²) in [6.07, 6.45) is 1.73. The lowest BCUT2D eigenvalue weighted by Crippen LogP contribution is -2.45. The molecular weight excluding hydrogens is 270 g/mol. The Morgan fingerprint density at radius 2 is 2.14 bits per heavy atom. The van der Waals surface area contributed by atoms with Crippen LogP contribution >= 0.6 is 0 Å². The van der Waals surface area contributed by atoms with Crippen molar-refractivity contribution < 1.29 is 9.66 Å². The number of pyridine rings is 1. The Labute approximate surface area is 122 Å². The third-order valence-electron chi connectivity index (χ3n) is 3.30. The number of nitrogens with zero attached hydrogens (tertiary/aromatic N) is 3. The third-order valence-corrected chi connectivity index (χ3v) is 3.30. The third kappa shape index (κ3) is 2.52. The summed E-state index contributed by atoms with van der Waals surface area (Å²) in [5, 5.41) is 10.9. The molecule has 0 bridgehead atoms. The van der Waals surface area contributed by atoms with E-state index in [1.54, 1.807) is 12.3 Å². The Morgan fingerprint density at radius 3 is 2.81 bits per heavy atom. The van der Waals surface area contributed by atoms with Crippen molar-refractivity contribution in [3.63, 3.8) is 0 Å². The second-order valence-corrected chi connectivity index (χ2v) is 5.54. The Balaban J connectivity index is 2.11. The van der Waals surface area contributed by atoms with Gasteiger partial charge in [0.1, 0.15) is 11.4 Å². The van der Waals surface area contributed by atoms with Crippen molar-refractivity contribution in [1.29, 1.82) is 0 Å². The fourth-order valence-electron chi connectivity index (χ4n) is 2.43. The number of ether oxygens (including phenoxy) is 1. The maximum atomic E-state index is 10.9. The van der Waals surface area contributed by atoms with Crippen LogP contribution in [0.15, 0.2) is 42.6 Å². The van der Waals surface area contributed by atoms with Gasteiger partial charge < -0.3 is 9.64 Å². The maximum Gasteiger partial charge on any atom is 0.273 e. The smallest absolute Gasteiger partial charge is 0.273 e. The SMILES string of the molecule is CC1(C)CN(c2ccccn2)c2ccc([N+](=O)[O-])cc2O1. The largest absolute Gasteiger partial charge is 0.484 e. The number of non-ortho nitro benzene ring substituents is 1. The van der Waals surface area contributed by atoms with Crippen LogP contribution in [0.3, 0.4) is 0 Å². The molecule has 0 saturated heterocycles. The number of fused-ring (bicyclic) bond motifs is 1. The molecule has 1 aliphatic rings. The van der Waals surface area contributed by atoms with Crippen molar-refractivity contribution in [3.05, 3.63) is 52.7 Å². The van der Waals surface area contributed by atoms with E-state index in [9.17, 15) is 10.1 Å².